The summed E-state index contributed by atoms with van der Waals surface area (Å²) < 4.78 is 1.60. The molecular formula is C6H4N3. The van der Waals surface area contributed by atoms with Crippen molar-refractivity contribution in [2.24, 2.45) is 0 Å². The molecule has 0 aliphatic rings. The summed E-state index contributed by atoms with van der Waals surface area (Å²) in [6, 6.07) is 5.62. The van der Waals surface area contributed by atoms with E-state index in [9.17, 15) is 0 Å². The topological polar surface area (TPSA) is 30.2 Å². The lowest BCUT2D eigenvalue weighted by atomic mass is 10.4. The molecular weight excluding hydrogens is 114 g/mol. The number of rotatable bonds is 0. The average Bonchev–Trinajstić information content (AvgIpc) is 2.33. The van der Waals surface area contributed by atoms with Crippen molar-refractivity contribution >= 4 is 5.52 Å². The fourth-order valence-electron chi connectivity index (χ4n) is 0.717. The second-order valence-electron chi connectivity index (χ2n) is 1.73. The van der Waals surface area contributed by atoms with Crippen LogP contribution in [0.2, 0.25) is 0 Å². The Kier molecular flexibility index (Phi) is 0.773. The molecule has 0 atom stereocenters. The highest BCUT2D eigenvalue weighted by Gasteiger charge is 1.87. The van der Waals surface area contributed by atoms with Crippen LogP contribution < -0.4 is 0 Å². The smallest absolute Gasteiger partial charge is 0.0928 e. The van der Waals surface area contributed by atoms with Gasteiger partial charge in [-0.15, -0.1) is 5.10 Å². The van der Waals surface area contributed by atoms with Gasteiger partial charge in [-0.05, 0) is 12.1 Å². The number of pyridine rings is 1. The highest BCUT2D eigenvalue weighted by molar-refractivity contribution is 5.41. The summed E-state index contributed by atoms with van der Waals surface area (Å²) in [5.74, 6) is 0. The van der Waals surface area contributed by atoms with Gasteiger partial charge in [-0.2, -0.15) is 0 Å². The van der Waals surface area contributed by atoms with Gasteiger partial charge in [0.1, 0.15) is 0 Å². The Labute approximate surface area is 51.9 Å². The van der Waals surface area contributed by atoms with Crippen molar-refractivity contribution in [3.63, 3.8) is 0 Å². The molecule has 0 fully saturated rings. The Balaban J connectivity index is 2.95. The molecule has 2 heterocycles. The lowest BCUT2D eigenvalue weighted by Crippen LogP contribution is -1.83. The fraction of sp³-hybridized carbons (Fsp3) is 0. The van der Waals surface area contributed by atoms with Crippen LogP contribution in [0, 0.1) is 6.20 Å². The van der Waals surface area contributed by atoms with E-state index in [0.717, 1.165) is 5.52 Å². The van der Waals surface area contributed by atoms with Gasteiger partial charge in [0, 0.05) is 0 Å². The minimum absolute atomic E-state index is 0.970. The Morgan fingerprint density at radius 3 is 3.44 bits per heavy atom. The van der Waals surface area contributed by atoms with E-state index >= 15 is 0 Å². The van der Waals surface area contributed by atoms with Crippen molar-refractivity contribution in [1.29, 1.82) is 0 Å². The molecule has 2 aromatic heterocycles. The van der Waals surface area contributed by atoms with Crippen molar-refractivity contribution < 1.29 is 0 Å². The molecule has 0 aromatic carbocycles. The van der Waals surface area contributed by atoms with Crippen molar-refractivity contribution in [1.82, 2.24) is 14.8 Å². The highest BCUT2D eigenvalue weighted by atomic mass is 15.4. The number of fused-ring (bicyclic) bond motifs is 1. The molecule has 2 aromatic rings. The molecule has 9 heavy (non-hydrogen) atoms. The maximum Gasteiger partial charge on any atom is 0.0928 e. The van der Waals surface area contributed by atoms with Gasteiger partial charge in [0.2, 0.25) is 0 Å². The molecule has 3 nitrogen and oxygen atoms in total. The van der Waals surface area contributed by atoms with Crippen molar-refractivity contribution in [2.45, 2.75) is 0 Å². The number of hydrogen-bond donors (Lipinski definition) is 0. The van der Waals surface area contributed by atoms with Gasteiger partial charge in [0.25, 0.3) is 0 Å². The maximum atomic E-state index is 3.73. The van der Waals surface area contributed by atoms with Gasteiger partial charge in [0.15, 0.2) is 0 Å². The maximum absolute atomic E-state index is 3.73. The summed E-state index contributed by atoms with van der Waals surface area (Å²) in [5, 5.41) is 7.41. The van der Waals surface area contributed by atoms with E-state index in [-0.39, 0.29) is 0 Å². The molecule has 0 saturated carbocycles. The van der Waals surface area contributed by atoms with Crippen LogP contribution in [-0.4, -0.2) is 14.8 Å². The van der Waals surface area contributed by atoms with E-state index in [1.165, 1.54) is 0 Å². The van der Waals surface area contributed by atoms with Crippen LogP contribution in [-0.2, 0) is 0 Å². The Hall–Kier alpha value is -1.38. The summed E-state index contributed by atoms with van der Waals surface area (Å²) in [6.45, 7) is 0. The van der Waals surface area contributed by atoms with Gasteiger partial charge in [-0.25, -0.2) is 4.52 Å². The van der Waals surface area contributed by atoms with Crippen molar-refractivity contribution in [3.8, 4) is 0 Å². The highest BCUT2D eigenvalue weighted by Crippen LogP contribution is 1.94. The van der Waals surface area contributed by atoms with Crippen LogP contribution in [0.1, 0.15) is 0 Å². The first-order chi connectivity index (χ1) is 4.47. The largest absolute Gasteiger partial charge is 0.211 e. The van der Waals surface area contributed by atoms with Crippen LogP contribution in [0.4, 0.5) is 0 Å². The van der Waals surface area contributed by atoms with E-state index in [2.05, 4.69) is 16.5 Å². The molecule has 0 unspecified atom stereocenters. The molecule has 0 amide bonds. The molecule has 0 aliphatic heterocycles. The third kappa shape index (κ3) is 0.579. The number of nitrogens with zero attached hydrogens (tertiary/aromatic N) is 3. The second-order valence-corrected chi connectivity index (χ2v) is 1.73. The zero-order valence-corrected chi connectivity index (χ0v) is 4.65. The minimum Gasteiger partial charge on any atom is -0.211 e. The van der Waals surface area contributed by atoms with Gasteiger partial charge >= 0.3 is 0 Å². The van der Waals surface area contributed by atoms with E-state index < -0.39 is 0 Å². The lowest BCUT2D eigenvalue weighted by molar-refractivity contribution is 0.850. The van der Waals surface area contributed by atoms with Crippen molar-refractivity contribution in [3.05, 3.63) is 30.6 Å². The summed E-state index contributed by atoms with van der Waals surface area (Å²) in [6.07, 6.45) is 4.56. The first-order valence-electron chi connectivity index (χ1n) is 2.64. The van der Waals surface area contributed by atoms with Gasteiger partial charge < -0.3 is 0 Å². The third-order valence-electron chi connectivity index (χ3n) is 1.14. The summed E-state index contributed by atoms with van der Waals surface area (Å²) in [5.41, 5.74) is 0.970. The second kappa shape index (κ2) is 1.55. The van der Waals surface area contributed by atoms with Gasteiger partial charge in [-0.3, -0.25) is 0 Å². The quantitative estimate of drug-likeness (QED) is 0.505. The predicted molar refractivity (Wildman–Crippen MR) is 31.8 cm³/mol. The molecule has 0 aliphatic carbocycles. The van der Waals surface area contributed by atoms with Crippen LogP contribution in [0.15, 0.2) is 24.4 Å². The van der Waals surface area contributed by atoms with Gasteiger partial charge in [0.05, 0.1) is 17.9 Å². The molecule has 43 valence electrons. The normalized spacial score (nSPS) is 10.2. The Morgan fingerprint density at radius 2 is 2.56 bits per heavy atom. The van der Waals surface area contributed by atoms with E-state index in [1.54, 1.807) is 16.8 Å². The molecule has 1 radical (unpaired) electrons. The van der Waals surface area contributed by atoms with Crippen molar-refractivity contribution in [2.75, 3.05) is 0 Å². The molecule has 0 bridgehead atoms. The predicted octanol–water partition coefficient (Wildman–Crippen LogP) is 0.529. The van der Waals surface area contributed by atoms with E-state index in [0.29, 0.717) is 0 Å². The summed E-state index contributed by atoms with van der Waals surface area (Å²) in [4.78, 5) is 0. The zero-order valence-electron chi connectivity index (χ0n) is 4.65. The zero-order chi connectivity index (χ0) is 6.10. The number of aromatic nitrogens is 3. The van der Waals surface area contributed by atoms with Gasteiger partial charge in [-0.1, -0.05) is 11.3 Å². The molecule has 2 rings (SSSR count). The van der Waals surface area contributed by atoms with E-state index in [1.807, 2.05) is 12.1 Å². The molecule has 3 heteroatoms. The SMILES string of the molecule is [c]1cccc2cnnn12. The average molecular weight is 118 g/mol. The van der Waals surface area contributed by atoms with Crippen LogP contribution in [0.3, 0.4) is 0 Å². The first kappa shape index (κ1) is 4.49. The molecule has 0 saturated heterocycles. The Morgan fingerprint density at radius 1 is 1.56 bits per heavy atom. The summed E-state index contributed by atoms with van der Waals surface area (Å²) in [7, 11) is 0. The van der Waals surface area contributed by atoms with E-state index in [4.69, 9.17) is 0 Å². The first-order valence-corrected chi connectivity index (χ1v) is 2.64. The van der Waals surface area contributed by atoms with Crippen LogP contribution in [0.5, 0.6) is 0 Å². The third-order valence-corrected chi connectivity index (χ3v) is 1.14. The molecule has 0 N–H and O–H groups in total. The lowest BCUT2D eigenvalue weighted by Gasteiger charge is -1.83. The summed E-state index contributed by atoms with van der Waals surface area (Å²) >= 11 is 0. The minimum atomic E-state index is 0.970. The molecule has 0 spiro atoms. The monoisotopic (exact) mass is 118 g/mol. The Bertz CT molecular complexity index is 282. The van der Waals surface area contributed by atoms with Crippen LogP contribution in [0.25, 0.3) is 5.52 Å². The number of hydrogen-bond acceptors (Lipinski definition) is 2. The standard InChI is InChI=1S/C6H4N3/c1-2-4-9-6(3-1)5-7-8-9/h1-3,5H. The van der Waals surface area contributed by atoms with Crippen LogP contribution >= 0.6 is 0 Å². The fourth-order valence-corrected chi connectivity index (χ4v) is 0.717.